The topological polar surface area (TPSA) is 258 Å². The monoisotopic (exact) mass is 789 g/mol. The maximum absolute atomic E-state index is 13.4. The van der Waals surface area contributed by atoms with Crippen molar-refractivity contribution in [3.8, 4) is 11.5 Å². The van der Waals surface area contributed by atoms with E-state index in [1.165, 1.54) is 6.07 Å². The van der Waals surface area contributed by atoms with Gasteiger partial charge >= 0.3 is 5.97 Å². The van der Waals surface area contributed by atoms with Crippen LogP contribution in [0.2, 0.25) is 0 Å². The van der Waals surface area contributed by atoms with Gasteiger partial charge in [-0.3, -0.25) is 29.2 Å². The maximum atomic E-state index is 13.4. The first-order valence-corrected chi connectivity index (χ1v) is 19.7. The van der Waals surface area contributed by atoms with E-state index in [1.54, 1.807) is 49.9 Å². The fourth-order valence-corrected chi connectivity index (χ4v) is 6.78. The van der Waals surface area contributed by atoms with E-state index in [9.17, 15) is 47.7 Å². The van der Waals surface area contributed by atoms with Crippen molar-refractivity contribution in [2.75, 3.05) is 90.4 Å². The van der Waals surface area contributed by atoms with Crippen molar-refractivity contribution in [1.29, 1.82) is 0 Å². The van der Waals surface area contributed by atoms with Gasteiger partial charge in [0.1, 0.15) is 23.0 Å². The fraction of sp³-hybridized carbons (Fsp3) is 0.528. The van der Waals surface area contributed by atoms with Crippen LogP contribution in [0.4, 0.5) is 5.69 Å². The Labute approximate surface area is 321 Å². The summed E-state index contributed by atoms with van der Waals surface area (Å²) in [5, 5.41) is 44.6. The molecule has 0 bridgehead atoms. The van der Waals surface area contributed by atoms with E-state index in [0.29, 0.717) is 25.1 Å². The van der Waals surface area contributed by atoms with E-state index >= 15 is 0 Å². The van der Waals surface area contributed by atoms with Gasteiger partial charge in [-0.15, -0.1) is 0 Å². The molecule has 3 rings (SSSR count). The summed E-state index contributed by atoms with van der Waals surface area (Å²) in [6.45, 7) is 3.32. The lowest BCUT2D eigenvalue weighted by atomic mass is 10.1. The molecule has 0 aromatic heterocycles. The number of nitrogens with two attached hydrogens (primary N) is 1. The number of amides is 1. The smallest absolute Gasteiger partial charge is 0.320 e. The largest absolute Gasteiger partial charge is 0.549 e. The SMILES string of the molecule is CCCCNc1cc(C(=O)NCCCC(C(=O)O)N2CCN(CC=O)CCN(CC(=O)[O-])CCN(CC(=O)[O-])CC2)cc(S(N)(=O)=O)c1Oc1ccccc1. The Morgan fingerprint density at radius 1 is 0.891 bits per heavy atom. The number of unbranched alkanes of at least 4 members (excludes halogenated alkanes) is 1. The number of nitrogens with zero attached hydrogens (tertiary/aromatic N) is 4. The van der Waals surface area contributed by atoms with Gasteiger partial charge in [-0.25, -0.2) is 13.6 Å². The molecule has 1 saturated heterocycles. The van der Waals surface area contributed by atoms with Crippen molar-refractivity contribution in [2.24, 2.45) is 5.14 Å². The Bertz CT molecular complexity index is 1700. The normalized spacial score (nSPS) is 16.3. The van der Waals surface area contributed by atoms with Crippen LogP contribution in [0.5, 0.6) is 11.5 Å². The van der Waals surface area contributed by atoms with Crippen LogP contribution in [0.25, 0.3) is 0 Å². The van der Waals surface area contributed by atoms with Crippen LogP contribution in [-0.2, 0) is 29.2 Å². The van der Waals surface area contributed by atoms with E-state index < -0.39 is 51.3 Å². The van der Waals surface area contributed by atoms with E-state index in [0.717, 1.165) is 18.9 Å². The average Bonchev–Trinajstić information content (AvgIpc) is 3.12. The van der Waals surface area contributed by atoms with Crippen molar-refractivity contribution >= 4 is 45.8 Å². The fourth-order valence-electron chi connectivity index (χ4n) is 6.08. The Morgan fingerprint density at radius 3 is 2.02 bits per heavy atom. The molecule has 0 saturated carbocycles. The summed E-state index contributed by atoms with van der Waals surface area (Å²) in [6, 6.07) is 10.1. The standard InChI is InChI=1S/C36H53N7O11S/c1-2-3-11-38-29-23-27(24-31(55(37,52)53)34(29)54-28-8-5-4-6-9-28)35(49)39-12-7-10-30(36(50)51)43-19-17-40(21-22-44)13-14-41(25-32(45)46)15-16-42(18-20-43)26-33(47)48/h4-6,8-9,22-24,30,38H,2-3,7,10-21,25-26H2,1H3,(H,39,49)(H,45,46)(H,47,48)(H,50,51)(H2,37,52,53)/p-2. The first kappa shape index (κ1) is 44.7. The molecule has 55 heavy (non-hydrogen) atoms. The third-order valence-corrected chi connectivity index (χ3v) is 9.92. The molecule has 19 heteroatoms. The minimum absolute atomic E-state index is 0.0113. The van der Waals surface area contributed by atoms with Crippen LogP contribution in [-0.4, -0.2) is 154 Å². The predicted molar refractivity (Wildman–Crippen MR) is 198 cm³/mol. The Hall–Kier alpha value is -4.66. The van der Waals surface area contributed by atoms with Crippen molar-refractivity contribution in [1.82, 2.24) is 24.9 Å². The predicted octanol–water partition coefficient (Wildman–Crippen LogP) is -1.78. The minimum atomic E-state index is -4.37. The van der Waals surface area contributed by atoms with Crippen LogP contribution < -0.4 is 30.7 Å². The third kappa shape index (κ3) is 15.5. The molecule has 0 spiro atoms. The Morgan fingerprint density at radius 2 is 1.47 bits per heavy atom. The van der Waals surface area contributed by atoms with Gasteiger partial charge < -0.3 is 45.1 Å². The second kappa shape index (κ2) is 22.7. The van der Waals surface area contributed by atoms with Crippen molar-refractivity contribution < 1.29 is 52.4 Å². The molecule has 0 aliphatic carbocycles. The first-order chi connectivity index (χ1) is 26.2. The number of benzene rings is 2. The lowest BCUT2D eigenvalue weighted by molar-refractivity contribution is -0.308. The van der Waals surface area contributed by atoms with Gasteiger partial charge in [-0.1, -0.05) is 31.5 Å². The molecule has 1 aliphatic rings. The number of rotatable bonds is 20. The van der Waals surface area contributed by atoms with Crippen LogP contribution in [0, 0.1) is 0 Å². The Kier molecular flexibility index (Phi) is 18.4. The maximum Gasteiger partial charge on any atom is 0.320 e. The molecule has 18 nitrogen and oxygen atoms in total. The van der Waals surface area contributed by atoms with Crippen molar-refractivity contribution in [3.05, 3.63) is 48.0 Å². The van der Waals surface area contributed by atoms with Gasteiger partial charge in [0.05, 0.1) is 24.2 Å². The van der Waals surface area contributed by atoms with E-state index in [4.69, 9.17) is 9.88 Å². The summed E-state index contributed by atoms with van der Waals surface area (Å²) in [5.41, 5.74) is 0.237. The number of anilines is 1. The number of aldehydes is 1. The van der Waals surface area contributed by atoms with E-state index in [2.05, 4.69) is 10.6 Å². The van der Waals surface area contributed by atoms with E-state index in [1.807, 2.05) is 6.92 Å². The molecule has 1 fully saturated rings. The number of nitrogens with one attached hydrogen (secondary N) is 2. The number of carbonyl (C=O) groups is 5. The molecule has 1 unspecified atom stereocenters. The van der Waals surface area contributed by atoms with Gasteiger partial charge in [-0.2, -0.15) is 0 Å². The lowest BCUT2D eigenvalue weighted by Crippen LogP contribution is -2.52. The highest BCUT2D eigenvalue weighted by Gasteiger charge is 2.28. The molecule has 1 atom stereocenters. The molecule has 1 aliphatic heterocycles. The molecule has 2 aromatic carbocycles. The highest BCUT2D eigenvalue weighted by molar-refractivity contribution is 7.89. The number of carboxylic acid groups (broad SMARTS) is 3. The summed E-state index contributed by atoms with van der Waals surface area (Å²) in [7, 11) is -4.37. The Balaban J connectivity index is 1.77. The van der Waals surface area contributed by atoms with Crippen LogP contribution in [0.1, 0.15) is 43.0 Å². The highest BCUT2D eigenvalue weighted by atomic mass is 32.2. The van der Waals surface area contributed by atoms with Gasteiger partial charge in [0.15, 0.2) is 5.75 Å². The molecule has 304 valence electrons. The quantitative estimate of drug-likeness (QED) is 0.0854. The van der Waals surface area contributed by atoms with Gasteiger partial charge in [0.2, 0.25) is 10.0 Å². The van der Waals surface area contributed by atoms with Crippen molar-refractivity contribution in [3.63, 3.8) is 0 Å². The summed E-state index contributed by atoms with van der Waals surface area (Å²) in [5.74, 6) is -4.10. The van der Waals surface area contributed by atoms with Crippen LogP contribution in [0.3, 0.4) is 0 Å². The number of carbonyl (C=O) groups excluding carboxylic acids is 4. The van der Waals surface area contributed by atoms with E-state index in [-0.39, 0.29) is 95.3 Å². The molecule has 1 amide bonds. The number of hydrogen-bond donors (Lipinski definition) is 4. The second-order valence-electron chi connectivity index (χ2n) is 13.1. The first-order valence-electron chi connectivity index (χ1n) is 18.1. The van der Waals surface area contributed by atoms with Gasteiger partial charge in [0.25, 0.3) is 5.91 Å². The summed E-state index contributed by atoms with van der Waals surface area (Å²) in [6.07, 6.45) is 2.59. The summed E-state index contributed by atoms with van der Waals surface area (Å²) in [4.78, 5) is 66.5. The number of aliphatic carboxylic acids is 3. The number of ether oxygens (including phenoxy) is 1. The zero-order valence-electron chi connectivity index (χ0n) is 31.0. The number of hydrogen-bond acceptors (Lipinski definition) is 15. The third-order valence-electron chi connectivity index (χ3n) is 9.01. The van der Waals surface area contributed by atoms with Crippen LogP contribution in [0.15, 0.2) is 47.4 Å². The minimum Gasteiger partial charge on any atom is -0.549 e. The average molecular weight is 790 g/mol. The highest BCUT2D eigenvalue weighted by Crippen LogP contribution is 2.37. The second-order valence-corrected chi connectivity index (χ2v) is 14.7. The van der Waals surface area contributed by atoms with Crippen LogP contribution >= 0.6 is 0 Å². The number of carboxylic acids is 3. The molecular weight excluding hydrogens is 739 g/mol. The van der Waals surface area contributed by atoms with Gasteiger partial charge in [-0.05, 0) is 43.5 Å². The number of primary sulfonamides is 1. The zero-order chi connectivity index (χ0) is 40.4. The summed E-state index contributed by atoms with van der Waals surface area (Å²) < 4.78 is 31.5. The molecule has 2 aromatic rings. The molecule has 0 radical (unpaired) electrons. The number of para-hydroxylation sites is 1. The molecular formula is C36H51N7O11S-2. The molecule has 5 N–H and O–H groups in total. The zero-order valence-corrected chi connectivity index (χ0v) is 31.8. The molecule has 1 heterocycles. The van der Waals surface area contributed by atoms with Crippen molar-refractivity contribution in [2.45, 2.75) is 43.5 Å². The van der Waals surface area contributed by atoms with Gasteiger partial charge in [0, 0.05) is 84.1 Å². The number of sulfonamides is 1. The summed E-state index contributed by atoms with van der Waals surface area (Å²) >= 11 is 0. The lowest BCUT2D eigenvalue weighted by Gasteiger charge is -2.36.